The summed E-state index contributed by atoms with van der Waals surface area (Å²) in [6, 6.07) is -0.716. The Kier molecular flexibility index (Phi) is 13.0. The van der Waals surface area contributed by atoms with E-state index in [0.717, 1.165) is 12.8 Å². The monoisotopic (exact) mass is 336 g/mol. The van der Waals surface area contributed by atoms with Crippen molar-refractivity contribution >= 4 is 17.9 Å². The number of aliphatic carboxylic acids is 3. The zero-order valence-corrected chi connectivity index (χ0v) is 13.1. The largest absolute Gasteiger partial charge is 0.481 e. The van der Waals surface area contributed by atoms with Gasteiger partial charge in [-0.1, -0.05) is 6.42 Å². The molecule has 0 bridgehead atoms. The summed E-state index contributed by atoms with van der Waals surface area (Å²) in [6.07, 6.45) is 2.03. The van der Waals surface area contributed by atoms with E-state index in [1.54, 1.807) is 0 Å². The van der Waals surface area contributed by atoms with Crippen molar-refractivity contribution in [2.24, 2.45) is 22.9 Å². The topological polar surface area (TPSA) is 216 Å². The summed E-state index contributed by atoms with van der Waals surface area (Å²) in [5, 5.41) is 25.0. The molecule has 0 fully saturated rings. The van der Waals surface area contributed by atoms with Gasteiger partial charge in [-0.3, -0.25) is 14.4 Å². The van der Waals surface area contributed by atoms with Crippen molar-refractivity contribution in [2.75, 3.05) is 6.54 Å². The minimum Gasteiger partial charge on any atom is -0.481 e. The first-order chi connectivity index (χ1) is 10.5. The van der Waals surface area contributed by atoms with Gasteiger partial charge in [0.2, 0.25) is 0 Å². The van der Waals surface area contributed by atoms with E-state index in [0.29, 0.717) is 13.0 Å². The molecule has 0 rings (SSSR count). The highest BCUT2D eigenvalue weighted by Gasteiger charge is 2.21. The number of unbranched alkanes of at least 4 members (excludes halogenated alkanes) is 1. The van der Waals surface area contributed by atoms with Crippen LogP contribution in [0.5, 0.6) is 0 Å². The van der Waals surface area contributed by atoms with Crippen molar-refractivity contribution in [2.45, 2.75) is 56.7 Å². The van der Waals surface area contributed by atoms with Gasteiger partial charge in [-0.2, -0.15) is 0 Å². The highest BCUT2D eigenvalue weighted by atomic mass is 16.4. The molecule has 0 aliphatic rings. The SMILES string of the molecule is NC(N)(CCC(=O)O)CCC(=O)O.NCCCC[C@H](N)C(=O)O. The minimum atomic E-state index is -1.20. The number of rotatable bonds is 11. The van der Waals surface area contributed by atoms with Gasteiger partial charge in [0.05, 0.1) is 5.66 Å². The lowest BCUT2D eigenvalue weighted by molar-refractivity contribution is -0.139. The molecular formula is C13H28N4O6. The van der Waals surface area contributed by atoms with Crippen LogP contribution in [0.4, 0.5) is 0 Å². The zero-order valence-electron chi connectivity index (χ0n) is 13.1. The van der Waals surface area contributed by atoms with Crippen LogP contribution in [-0.4, -0.2) is 51.5 Å². The van der Waals surface area contributed by atoms with Crippen LogP contribution >= 0.6 is 0 Å². The molecule has 0 radical (unpaired) electrons. The second kappa shape index (κ2) is 12.8. The molecule has 23 heavy (non-hydrogen) atoms. The van der Waals surface area contributed by atoms with Gasteiger partial charge in [0, 0.05) is 12.8 Å². The third-order valence-electron chi connectivity index (χ3n) is 2.90. The number of nitrogens with two attached hydrogens (primary N) is 4. The predicted molar refractivity (Wildman–Crippen MR) is 83.4 cm³/mol. The van der Waals surface area contributed by atoms with Gasteiger partial charge in [-0.15, -0.1) is 0 Å². The fourth-order valence-electron chi connectivity index (χ4n) is 1.44. The molecule has 0 aromatic heterocycles. The van der Waals surface area contributed by atoms with Gasteiger partial charge in [0.15, 0.2) is 0 Å². The number of carboxylic acids is 3. The lowest BCUT2D eigenvalue weighted by Gasteiger charge is -2.22. The van der Waals surface area contributed by atoms with E-state index >= 15 is 0 Å². The molecule has 0 aromatic carbocycles. The van der Waals surface area contributed by atoms with Gasteiger partial charge in [0.25, 0.3) is 0 Å². The Morgan fingerprint density at radius 1 is 0.913 bits per heavy atom. The molecule has 0 spiro atoms. The van der Waals surface area contributed by atoms with Crippen molar-refractivity contribution in [3.05, 3.63) is 0 Å². The van der Waals surface area contributed by atoms with E-state index in [4.69, 9.17) is 38.3 Å². The average Bonchev–Trinajstić information content (AvgIpc) is 2.44. The van der Waals surface area contributed by atoms with E-state index in [-0.39, 0.29) is 25.7 Å². The first-order valence-corrected chi connectivity index (χ1v) is 7.21. The van der Waals surface area contributed by atoms with Crippen molar-refractivity contribution < 1.29 is 29.7 Å². The van der Waals surface area contributed by atoms with Gasteiger partial charge >= 0.3 is 17.9 Å². The smallest absolute Gasteiger partial charge is 0.320 e. The van der Waals surface area contributed by atoms with Gasteiger partial charge < -0.3 is 38.3 Å². The maximum absolute atomic E-state index is 10.2. The van der Waals surface area contributed by atoms with Crippen LogP contribution in [-0.2, 0) is 14.4 Å². The highest BCUT2D eigenvalue weighted by Crippen LogP contribution is 2.10. The Hall–Kier alpha value is -1.75. The zero-order chi connectivity index (χ0) is 18.5. The summed E-state index contributed by atoms with van der Waals surface area (Å²) in [5.74, 6) is -2.91. The average molecular weight is 336 g/mol. The standard InChI is InChI=1S/C7H14N2O4.C6H14N2O2/c8-7(9,3-1-5(10)11)4-2-6(12)13;7-4-2-1-3-5(8)6(9)10/h1-4,8-9H2,(H,10,11)(H,12,13);5H,1-4,7-8H2,(H,9,10)/t;5-/m.0/s1. The number of carboxylic acid groups (broad SMARTS) is 3. The molecule has 10 nitrogen and oxygen atoms in total. The van der Waals surface area contributed by atoms with Crippen LogP contribution in [0.3, 0.4) is 0 Å². The van der Waals surface area contributed by atoms with Gasteiger partial charge in [0.1, 0.15) is 6.04 Å². The van der Waals surface area contributed by atoms with Crippen molar-refractivity contribution in [1.29, 1.82) is 0 Å². The summed E-state index contributed by atoms with van der Waals surface area (Å²) in [6.45, 7) is 0.604. The molecule has 10 heteroatoms. The fraction of sp³-hybridized carbons (Fsp3) is 0.769. The molecule has 0 heterocycles. The van der Waals surface area contributed by atoms with Crippen LogP contribution < -0.4 is 22.9 Å². The lowest BCUT2D eigenvalue weighted by Crippen LogP contribution is -2.49. The van der Waals surface area contributed by atoms with Gasteiger partial charge in [-0.05, 0) is 32.2 Å². The van der Waals surface area contributed by atoms with E-state index in [2.05, 4.69) is 0 Å². The molecule has 1 atom stereocenters. The fourth-order valence-corrected chi connectivity index (χ4v) is 1.44. The number of carbonyl (C=O) groups is 3. The predicted octanol–water partition coefficient (Wildman–Crippen LogP) is -1.14. The summed E-state index contributed by atoms with van der Waals surface area (Å²) >= 11 is 0. The second-order valence-corrected chi connectivity index (χ2v) is 5.25. The summed E-state index contributed by atoms with van der Waals surface area (Å²) < 4.78 is 0. The van der Waals surface area contributed by atoms with E-state index in [1.165, 1.54) is 0 Å². The van der Waals surface area contributed by atoms with Crippen LogP contribution in [0.15, 0.2) is 0 Å². The molecular weight excluding hydrogens is 308 g/mol. The molecule has 0 unspecified atom stereocenters. The molecule has 0 saturated heterocycles. The van der Waals surface area contributed by atoms with Crippen molar-refractivity contribution in [3.8, 4) is 0 Å². The van der Waals surface area contributed by atoms with Crippen LogP contribution in [0.1, 0.15) is 44.9 Å². The molecule has 0 aromatic rings. The highest BCUT2D eigenvalue weighted by molar-refractivity contribution is 5.72. The molecule has 136 valence electrons. The van der Waals surface area contributed by atoms with E-state index in [1.807, 2.05) is 0 Å². The Morgan fingerprint density at radius 3 is 1.65 bits per heavy atom. The Morgan fingerprint density at radius 2 is 1.35 bits per heavy atom. The maximum atomic E-state index is 10.2. The Labute approximate surface area is 134 Å². The number of hydrogen-bond donors (Lipinski definition) is 7. The van der Waals surface area contributed by atoms with Gasteiger partial charge in [-0.25, -0.2) is 0 Å². The molecule has 11 N–H and O–H groups in total. The van der Waals surface area contributed by atoms with E-state index < -0.39 is 29.6 Å². The quantitative estimate of drug-likeness (QED) is 0.177. The second-order valence-electron chi connectivity index (χ2n) is 5.25. The van der Waals surface area contributed by atoms with Crippen molar-refractivity contribution in [3.63, 3.8) is 0 Å². The minimum absolute atomic E-state index is 0.0790. The first kappa shape index (κ1) is 23.5. The molecule has 0 aliphatic heterocycles. The summed E-state index contributed by atoms with van der Waals surface area (Å²) in [7, 11) is 0. The third-order valence-corrected chi connectivity index (χ3v) is 2.90. The Balaban J connectivity index is 0. The van der Waals surface area contributed by atoms with Crippen molar-refractivity contribution in [1.82, 2.24) is 0 Å². The summed E-state index contributed by atoms with van der Waals surface area (Å²) in [5.41, 5.74) is 20.2. The molecule has 0 saturated carbocycles. The molecule has 0 amide bonds. The first-order valence-electron chi connectivity index (χ1n) is 7.21. The van der Waals surface area contributed by atoms with Crippen LogP contribution in [0.25, 0.3) is 0 Å². The number of hydrogen-bond acceptors (Lipinski definition) is 7. The third kappa shape index (κ3) is 18.2. The Bertz CT molecular complexity index is 355. The van der Waals surface area contributed by atoms with Crippen LogP contribution in [0, 0.1) is 0 Å². The normalized spacial score (nSPS) is 12.0. The van der Waals surface area contributed by atoms with E-state index in [9.17, 15) is 14.4 Å². The molecule has 0 aliphatic carbocycles. The lowest BCUT2D eigenvalue weighted by atomic mass is 10.00. The summed E-state index contributed by atoms with van der Waals surface area (Å²) in [4.78, 5) is 30.5. The maximum Gasteiger partial charge on any atom is 0.320 e. The van der Waals surface area contributed by atoms with Crippen LogP contribution in [0.2, 0.25) is 0 Å².